The monoisotopic (exact) mass is 480 g/mol. The quantitative estimate of drug-likeness (QED) is 0.173. The highest BCUT2D eigenvalue weighted by Gasteiger charge is 2.28. The van der Waals surface area contributed by atoms with E-state index in [1.165, 1.54) is 7.11 Å². The highest BCUT2D eigenvalue weighted by molar-refractivity contribution is 7.62. The van der Waals surface area contributed by atoms with Gasteiger partial charge in [0.05, 0.1) is 37.6 Å². The van der Waals surface area contributed by atoms with Crippen LogP contribution in [-0.2, 0) is 38.0 Å². The van der Waals surface area contributed by atoms with Crippen molar-refractivity contribution in [3.63, 3.8) is 0 Å². The first kappa shape index (κ1) is 25.7. The number of nitrogens with zero attached hydrogens (tertiary/aromatic N) is 1. The van der Waals surface area contributed by atoms with Crippen LogP contribution in [0.3, 0.4) is 0 Å². The van der Waals surface area contributed by atoms with E-state index in [0.29, 0.717) is 43.9 Å². The van der Waals surface area contributed by atoms with E-state index < -0.39 is 7.60 Å². The molecule has 7 heteroatoms. The smallest absolute Gasteiger partial charge is 0.410 e. The predicted molar refractivity (Wildman–Crippen MR) is 132 cm³/mol. The van der Waals surface area contributed by atoms with Crippen molar-refractivity contribution in [3.05, 3.63) is 95.6 Å². The van der Waals surface area contributed by atoms with Gasteiger partial charge >= 0.3 is 7.60 Å². The van der Waals surface area contributed by atoms with E-state index in [-0.39, 0.29) is 0 Å². The number of benzene rings is 3. The summed E-state index contributed by atoms with van der Waals surface area (Å²) in [5.74, 6) is 0.552. The topological polar surface area (TPSA) is 77.8 Å². The van der Waals surface area contributed by atoms with Gasteiger partial charge in [-0.25, -0.2) is 4.57 Å². The van der Waals surface area contributed by atoms with Gasteiger partial charge in [-0.15, -0.1) is 0 Å². The first-order valence-electron chi connectivity index (χ1n) is 11.2. The zero-order valence-electron chi connectivity index (χ0n) is 19.4. The van der Waals surface area contributed by atoms with Crippen molar-refractivity contribution in [1.82, 2.24) is 0 Å². The Balaban J connectivity index is 1.41. The van der Waals surface area contributed by atoms with E-state index >= 15 is 0 Å². The molecule has 178 valence electrons. The summed E-state index contributed by atoms with van der Waals surface area (Å²) in [6.45, 7) is 2.01. The second-order valence-corrected chi connectivity index (χ2v) is 9.65. The minimum atomic E-state index is -3.46. The average molecular weight is 481 g/mol. The van der Waals surface area contributed by atoms with Crippen LogP contribution in [0.15, 0.2) is 78.9 Å². The first-order chi connectivity index (χ1) is 16.7. The number of ether oxygens (including phenoxy) is 2. The van der Waals surface area contributed by atoms with E-state index in [0.717, 1.165) is 29.5 Å². The summed E-state index contributed by atoms with van der Waals surface area (Å²) < 4.78 is 35.8. The van der Waals surface area contributed by atoms with Gasteiger partial charge in [0.15, 0.2) is 0 Å². The molecule has 0 saturated heterocycles. The maximum absolute atomic E-state index is 13.2. The number of rotatable bonds is 14. The lowest BCUT2D eigenvalue weighted by atomic mass is 10.1. The number of nitriles is 1. The van der Waals surface area contributed by atoms with Gasteiger partial charge in [-0.05, 0) is 47.7 Å². The van der Waals surface area contributed by atoms with Gasteiger partial charge in [0.25, 0.3) is 0 Å². The van der Waals surface area contributed by atoms with Crippen LogP contribution in [0.5, 0.6) is 5.75 Å². The molecule has 0 aliphatic carbocycles. The summed E-state index contributed by atoms with van der Waals surface area (Å²) in [7, 11) is -2.06. The predicted octanol–water partition coefficient (Wildman–Crippen LogP) is 5.46. The molecule has 0 N–H and O–H groups in total. The van der Waals surface area contributed by atoms with Crippen LogP contribution in [-0.4, -0.2) is 26.9 Å². The molecular formula is C27H30NO5P. The van der Waals surface area contributed by atoms with Crippen LogP contribution in [0.2, 0.25) is 0 Å². The van der Waals surface area contributed by atoms with Gasteiger partial charge in [-0.2, -0.15) is 5.26 Å². The fourth-order valence-electron chi connectivity index (χ4n) is 3.46. The van der Waals surface area contributed by atoms with Crippen molar-refractivity contribution in [3.8, 4) is 11.8 Å². The molecule has 0 spiro atoms. The lowest BCUT2D eigenvalue weighted by Gasteiger charge is -2.19. The van der Waals surface area contributed by atoms with Crippen LogP contribution in [0.25, 0.3) is 0 Å². The fourth-order valence-corrected chi connectivity index (χ4v) is 4.82. The van der Waals surface area contributed by atoms with Crippen molar-refractivity contribution >= 4 is 12.9 Å². The van der Waals surface area contributed by atoms with Crippen molar-refractivity contribution in [2.45, 2.75) is 25.9 Å². The van der Waals surface area contributed by atoms with E-state index in [1.54, 1.807) is 12.1 Å². The largest absolute Gasteiger partial charge is 0.421 e. The first-order valence-corrected chi connectivity index (χ1v) is 12.8. The third kappa shape index (κ3) is 7.55. The Hall–Kier alpha value is -2.94. The van der Waals surface area contributed by atoms with Crippen LogP contribution >= 0.6 is 7.60 Å². The van der Waals surface area contributed by atoms with Crippen molar-refractivity contribution in [1.29, 1.82) is 5.26 Å². The number of aryl methyl sites for hydroxylation is 1. The zero-order valence-corrected chi connectivity index (χ0v) is 20.3. The van der Waals surface area contributed by atoms with Crippen LogP contribution in [0.1, 0.15) is 23.1 Å². The fraction of sp³-hybridized carbons (Fsp3) is 0.296. The Labute approximate surface area is 201 Å². The summed E-state index contributed by atoms with van der Waals surface area (Å²) in [5.41, 5.74) is 2.98. The van der Waals surface area contributed by atoms with Crippen LogP contribution < -0.4 is 9.83 Å². The molecule has 0 saturated carbocycles. The molecule has 0 aliphatic heterocycles. The minimum absolute atomic E-state index is 0.381. The van der Waals surface area contributed by atoms with E-state index in [9.17, 15) is 4.57 Å². The Kier molecular flexibility index (Phi) is 10.3. The van der Waals surface area contributed by atoms with Crippen molar-refractivity contribution < 1.29 is 23.1 Å². The summed E-state index contributed by atoms with van der Waals surface area (Å²) in [6, 6.07) is 26.5. The highest BCUT2D eigenvalue weighted by atomic mass is 31.2. The van der Waals surface area contributed by atoms with Crippen LogP contribution in [0.4, 0.5) is 0 Å². The third-order valence-corrected chi connectivity index (χ3v) is 7.10. The molecule has 0 bridgehead atoms. The van der Waals surface area contributed by atoms with Crippen molar-refractivity contribution in [2.24, 2.45) is 0 Å². The maximum Gasteiger partial charge on any atom is 0.410 e. The summed E-state index contributed by atoms with van der Waals surface area (Å²) in [4.78, 5) is 0. The Bertz CT molecular complexity index is 1110. The molecule has 1 unspecified atom stereocenters. The molecule has 0 radical (unpaired) electrons. The lowest BCUT2D eigenvalue weighted by Crippen LogP contribution is -2.11. The standard InChI is InChI=1S/C27H30NO5P/c1-30-34(29,26-14-3-2-4-15-26)33-27-16-8-7-11-24(27)13-9-19-31-20-21-32-22-25-12-6-5-10-23(25)17-18-28/h2-8,10-12,14-16H,9,13,17,19-22H2,1H3/i18+1. The van der Waals surface area contributed by atoms with Gasteiger partial charge in [-0.3, -0.25) is 4.52 Å². The molecule has 0 fully saturated rings. The number of hydrogen-bond acceptors (Lipinski definition) is 6. The van der Waals surface area contributed by atoms with Gasteiger partial charge < -0.3 is 14.0 Å². The maximum atomic E-state index is 13.2. The van der Waals surface area contributed by atoms with Gasteiger partial charge in [0.2, 0.25) is 0 Å². The van der Waals surface area contributed by atoms with Gasteiger partial charge in [0.1, 0.15) is 5.75 Å². The minimum Gasteiger partial charge on any atom is -0.421 e. The highest BCUT2D eigenvalue weighted by Crippen LogP contribution is 2.47. The molecule has 34 heavy (non-hydrogen) atoms. The molecule has 6 nitrogen and oxygen atoms in total. The second kappa shape index (κ2) is 13.7. The molecule has 3 aromatic rings. The normalized spacial score (nSPS) is 12.6. The molecule has 0 aliphatic rings. The third-order valence-electron chi connectivity index (χ3n) is 5.26. The second-order valence-electron chi connectivity index (χ2n) is 7.59. The summed E-state index contributed by atoms with van der Waals surface area (Å²) >= 11 is 0. The Morgan fingerprint density at radius 3 is 2.18 bits per heavy atom. The summed E-state index contributed by atoms with van der Waals surface area (Å²) in [6.07, 6.45) is 1.89. The van der Waals surface area contributed by atoms with Gasteiger partial charge in [0, 0.05) is 13.7 Å². The SMILES string of the molecule is COP(=O)(Oc1ccccc1CCCOCCOCc1ccccc1C[13C]#N)c1ccccc1. The molecule has 3 aromatic carbocycles. The molecule has 0 heterocycles. The van der Waals surface area contributed by atoms with Gasteiger partial charge in [-0.1, -0.05) is 60.7 Å². The van der Waals surface area contributed by atoms with E-state index in [4.69, 9.17) is 23.8 Å². The Morgan fingerprint density at radius 1 is 0.794 bits per heavy atom. The lowest BCUT2D eigenvalue weighted by molar-refractivity contribution is 0.0397. The molecule has 3 rings (SSSR count). The number of hydrogen-bond donors (Lipinski definition) is 0. The van der Waals surface area contributed by atoms with Crippen LogP contribution in [0, 0.1) is 11.3 Å². The molecular weight excluding hydrogens is 450 g/mol. The summed E-state index contributed by atoms with van der Waals surface area (Å²) in [5, 5.41) is 9.44. The van der Waals surface area contributed by atoms with Crippen molar-refractivity contribution in [2.75, 3.05) is 26.9 Å². The zero-order chi connectivity index (χ0) is 24.1. The van der Waals surface area contributed by atoms with E-state index in [1.807, 2.05) is 66.7 Å². The average Bonchev–Trinajstić information content (AvgIpc) is 2.88. The Morgan fingerprint density at radius 2 is 1.44 bits per heavy atom. The van der Waals surface area contributed by atoms with E-state index in [2.05, 4.69) is 6.07 Å². The molecule has 0 amide bonds. The number of para-hydroxylation sites is 1. The molecule has 0 aromatic heterocycles. The molecule has 1 atom stereocenters.